The van der Waals surface area contributed by atoms with E-state index in [2.05, 4.69) is 15.6 Å². The van der Waals surface area contributed by atoms with Gasteiger partial charge in [-0.3, -0.25) is 9.78 Å². The molecule has 5 nitrogen and oxygen atoms in total. The highest BCUT2D eigenvalue weighted by Gasteiger charge is 2.02. The Kier molecular flexibility index (Phi) is 7.27. The fraction of sp³-hybridized carbons (Fsp3) is 0.182. The summed E-state index contributed by atoms with van der Waals surface area (Å²) in [6.07, 6.45) is 2.10. The average molecular weight is 396 g/mol. The molecule has 1 amide bonds. The molecule has 0 aliphatic carbocycles. The van der Waals surface area contributed by atoms with Crippen LogP contribution in [0.15, 0.2) is 72.9 Å². The highest BCUT2D eigenvalue weighted by atomic mass is 35.5. The minimum Gasteiger partial charge on any atom is -0.489 e. The maximum Gasteiger partial charge on any atom is 0.222 e. The van der Waals surface area contributed by atoms with Crippen molar-refractivity contribution in [3.63, 3.8) is 0 Å². The first-order chi connectivity index (χ1) is 13.7. The van der Waals surface area contributed by atoms with Gasteiger partial charge in [0.1, 0.15) is 12.4 Å². The van der Waals surface area contributed by atoms with Crippen LogP contribution in [-0.2, 0) is 17.9 Å². The summed E-state index contributed by atoms with van der Waals surface area (Å²) in [4.78, 5) is 16.1. The number of nitrogens with zero attached hydrogens (tertiary/aromatic N) is 1. The summed E-state index contributed by atoms with van der Waals surface area (Å²) in [5.41, 5.74) is 2.85. The lowest BCUT2D eigenvalue weighted by Gasteiger charge is -2.09. The number of carbonyl (C=O) groups is 1. The molecule has 0 aliphatic rings. The minimum atomic E-state index is -0.0129. The molecule has 1 aromatic heterocycles. The van der Waals surface area contributed by atoms with Crippen LogP contribution in [-0.4, -0.2) is 17.4 Å². The van der Waals surface area contributed by atoms with E-state index in [1.54, 1.807) is 6.20 Å². The van der Waals surface area contributed by atoms with E-state index >= 15 is 0 Å². The molecule has 0 spiro atoms. The predicted molar refractivity (Wildman–Crippen MR) is 111 cm³/mol. The second kappa shape index (κ2) is 10.3. The van der Waals surface area contributed by atoms with E-state index in [-0.39, 0.29) is 5.91 Å². The molecule has 28 heavy (non-hydrogen) atoms. The van der Waals surface area contributed by atoms with Crippen molar-refractivity contribution in [1.82, 2.24) is 10.3 Å². The summed E-state index contributed by atoms with van der Waals surface area (Å²) < 4.78 is 5.76. The van der Waals surface area contributed by atoms with Crippen LogP contribution in [0.25, 0.3) is 0 Å². The lowest BCUT2D eigenvalue weighted by molar-refractivity contribution is -0.121. The predicted octanol–water partition coefficient (Wildman–Crippen LogP) is 4.43. The fourth-order valence-corrected chi connectivity index (χ4v) is 2.64. The van der Waals surface area contributed by atoms with Gasteiger partial charge in [-0.15, -0.1) is 0 Å². The first-order valence-electron chi connectivity index (χ1n) is 9.07. The zero-order chi connectivity index (χ0) is 19.6. The first-order valence-corrected chi connectivity index (χ1v) is 9.44. The second-order valence-corrected chi connectivity index (χ2v) is 6.65. The summed E-state index contributed by atoms with van der Waals surface area (Å²) in [6, 6.07) is 20.9. The van der Waals surface area contributed by atoms with Crippen molar-refractivity contribution in [1.29, 1.82) is 0 Å². The average Bonchev–Trinajstić information content (AvgIpc) is 2.73. The van der Waals surface area contributed by atoms with Crippen LogP contribution in [0.2, 0.25) is 5.02 Å². The molecule has 1 heterocycles. The van der Waals surface area contributed by atoms with E-state index in [9.17, 15) is 4.79 Å². The van der Waals surface area contributed by atoms with Crippen molar-refractivity contribution >= 4 is 23.2 Å². The third kappa shape index (κ3) is 6.59. The topological polar surface area (TPSA) is 63.2 Å². The van der Waals surface area contributed by atoms with Gasteiger partial charge >= 0.3 is 0 Å². The Morgan fingerprint density at radius 3 is 2.50 bits per heavy atom. The number of halogens is 1. The highest BCUT2D eigenvalue weighted by Crippen LogP contribution is 2.18. The molecule has 0 saturated heterocycles. The summed E-state index contributed by atoms with van der Waals surface area (Å²) in [5.74, 6) is 0.773. The van der Waals surface area contributed by atoms with Crippen molar-refractivity contribution in [2.75, 3.05) is 11.9 Å². The molecule has 0 saturated carbocycles. The Labute approximate surface area is 169 Å². The number of pyridine rings is 1. The monoisotopic (exact) mass is 395 g/mol. The lowest BCUT2D eigenvalue weighted by Crippen LogP contribution is -2.25. The van der Waals surface area contributed by atoms with Gasteiger partial charge in [-0.25, -0.2) is 0 Å². The smallest absolute Gasteiger partial charge is 0.222 e. The highest BCUT2D eigenvalue weighted by molar-refractivity contribution is 6.30. The molecular formula is C22H22ClN3O2. The molecule has 3 aromatic rings. The molecule has 0 fully saturated rings. The molecule has 144 valence electrons. The van der Waals surface area contributed by atoms with Gasteiger partial charge in [-0.05, 0) is 54.1 Å². The van der Waals surface area contributed by atoms with Crippen molar-refractivity contribution < 1.29 is 9.53 Å². The number of amides is 1. The molecule has 2 N–H and O–H groups in total. The Morgan fingerprint density at radius 1 is 1.00 bits per heavy atom. The number of hydrogen-bond acceptors (Lipinski definition) is 4. The number of aromatic nitrogens is 1. The van der Waals surface area contributed by atoms with Gasteiger partial charge in [0.25, 0.3) is 0 Å². The van der Waals surface area contributed by atoms with Crippen LogP contribution < -0.4 is 15.4 Å². The summed E-state index contributed by atoms with van der Waals surface area (Å²) in [7, 11) is 0. The number of benzene rings is 2. The Bertz CT molecular complexity index is 869. The molecule has 2 aromatic carbocycles. The van der Waals surface area contributed by atoms with Crippen LogP contribution in [0, 0.1) is 0 Å². The summed E-state index contributed by atoms with van der Waals surface area (Å²) >= 11 is 5.88. The Balaban J connectivity index is 1.35. The molecule has 0 bridgehead atoms. The van der Waals surface area contributed by atoms with Crippen molar-refractivity contribution in [2.24, 2.45) is 0 Å². The van der Waals surface area contributed by atoms with E-state index in [0.717, 1.165) is 22.7 Å². The molecule has 0 atom stereocenters. The van der Waals surface area contributed by atoms with Gasteiger partial charge in [0.05, 0.1) is 12.2 Å². The SMILES string of the molecule is O=C(CCNc1ccc(OCc2ccc(Cl)cc2)cc1)NCc1ccccn1. The zero-order valence-electron chi connectivity index (χ0n) is 15.4. The van der Waals surface area contributed by atoms with E-state index in [4.69, 9.17) is 16.3 Å². The Morgan fingerprint density at radius 2 is 1.79 bits per heavy atom. The number of ether oxygens (including phenoxy) is 1. The third-order valence-corrected chi connectivity index (χ3v) is 4.30. The minimum absolute atomic E-state index is 0.0129. The molecule has 0 aliphatic heterocycles. The van der Waals surface area contributed by atoms with Gasteiger partial charge in [0.15, 0.2) is 0 Å². The number of hydrogen-bond donors (Lipinski definition) is 2. The molecular weight excluding hydrogens is 374 g/mol. The van der Waals surface area contributed by atoms with Crippen LogP contribution in [0.4, 0.5) is 5.69 Å². The summed E-state index contributed by atoms with van der Waals surface area (Å²) in [6.45, 7) is 1.48. The van der Waals surface area contributed by atoms with Crippen LogP contribution in [0.1, 0.15) is 17.7 Å². The van der Waals surface area contributed by atoms with Crippen molar-refractivity contribution in [2.45, 2.75) is 19.6 Å². The molecule has 0 unspecified atom stereocenters. The van der Waals surface area contributed by atoms with Gasteiger partial charge in [0.2, 0.25) is 5.91 Å². The maximum absolute atomic E-state index is 11.9. The second-order valence-electron chi connectivity index (χ2n) is 6.21. The maximum atomic E-state index is 11.9. The van der Waals surface area contributed by atoms with E-state index in [1.807, 2.05) is 66.7 Å². The van der Waals surface area contributed by atoms with Crippen LogP contribution in [0.3, 0.4) is 0 Å². The molecule has 3 rings (SSSR count). The van der Waals surface area contributed by atoms with E-state index < -0.39 is 0 Å². The number of nitrogens with one attached hydrogen (secondary N) is 2. The van der Waals surface area contributed by atoms with Crippen molar-refractivity contribution in [3.05, 3.63) is 89.2 Å². The van der Waals surface area contributed by atoms with Crippen molar-refractivity contribution in [3.8, 4) is 5.75 Å². The largest absolute Gasteiger partial charge is 0.489 e. The van der Waals surface area contributed by atoms with Crippen LogP contribution in [0.5, 0.6) is 5.75 Å². The van der Waals surface area contributed by atoms with Gasteiger partial charge < -0.3 is 15.4 Å². The fourth-order valence-electron chi connectivity index (χ4n) is 2.52. The normalized spacial score (nSPS) is 10.3. The van der Waals surface area contributed by atoms with E-state index in [1.165, 1.54) is 0 Å². The summed E-state index contributed by atoms with van der Waals surface area (Å²) in [5, 5.41) is 6.81. The number of anilines is 1. The molecule has 6 heteroatoms. The zero-order valence-corrected chi connectivity index (χ0v) is 16.2. The third-order valence-electron chi connectivity index (χ3n) is 4.05. The standard InChI is InChI=1S/C22H22ClN3O2/c23-18-6-4-17(5-7-18)16-28-21-10-8-19(9-11-21)25-14-12-22(27)26-15-20-3-1-2-13-24-20/h1-11,13,25H,12,14-16H2,(H,26,27). The number of carbonyl (C=O) groups excluding carboxylic acids is 1. The number of rotatable bonds is 9. The van der Waals surface area contributed by atoms with E-state index in [0.29, 0.717) is 31.1 Å². The van der Waals surface area contributed by atoms with Crippen LogP contribution >= 0.6 is 11.6 Å². The first kappa shape index (κ1) is 19.7. The van der Waals surface area contributed by atoms with Gasteiger partial charge in [-0.2, -0.15) is 0 Å². The lowest BCUT2D eigenvalue weighted by atomic mass is 10.2. The van der Waals surface area contributed by atoms with Gasteiger partial charge in [-0.1, -0.05) is 29.8 Å². The van der Waals surface area contributed by atoms with Gasteiger partial charge in [0, 0.05) is 29.9 Å². The Hall–Kier alpha value is -3.05. The molecule has 0 radical (unpaired) electrons. The quantitative estimate of drug-likeness (QED) is 0.562.